The molecule has 1 aromatic carbocycles. The summed E-state index contributed by atoms with van der Waals surface area (Å²) in [5, 5.41) is 64.7. The molecule has 1 aromatic rings. The molecule has 51 heavy (non-hydrogen) atoms. The van der Waals surface area contributed by atoms with Crippen molar-refractivity contribution in [1.29, 1.82) is 0 Å². The predicted molar refractivity (Wildman–Crippen MR) is 174 cm³/mol. The number of esters is 1. The lowest BCUT2D eigenvalue weighted by Crippen LogP contribution is -2.57. The molecular weight excluding hydrogens is 678 g/mol. The van der Waals surface area contributed by atoms with Gasteiger partial charge < -0.3 is 69.9 Å². The number of aliphatic hydroxyl groups is 6. The zero-order valence-electron chi connectivity index (χ0n) is 28.7. The van der Waals surface area contributed by atoms with Gasteiger partial charge in [-0.15, -0.1) is 0 Å². The molecule has 3 amide bonds. The molecule has 3 rings (SSSR count). The Balaban J connectivity index is 1.45. The minimum atomic E-state index is -1.52. The average molecular weight is 730 g/mol. The van der Waals surface area contributed by atoms with Crippen molar-refractivity contribution >= 4 is 23.7 Å². The number of carbonyl (C=O) groups excluding carboxylic acids is 4. The fourth-order valence-electron chi connectivity index (χ4n) is 5.24. The molecule has 2 heterocycles. The van der Waals surface area contributed by atoms with Gasteiger partial charge in [-0.2, -0.15) is 0 Å². The lowest BCUT2D eigenvalue weighted by atomic mass is 10.0. The van der Waals surface area contributed by atoms with Crippen molar-refractivity contribution < 1.29 is 73.5 Å². The van der Waals surface area contributed by atoms with E-state index < -0.39 is 98.2 Å². The van der Waals surface area contributed by atoms with Gasteiger partial charge in [0.2, 0.25) is 17.7 Å². The summed E-state index contributed by atoms with van der Waals surface area (Å²) in [4.78, 5) is 51.8. The van der Waals surface area contributed by atoms with Crippen LogP contribution >= 0.6 is 0 Å². The number of ether oxygens (including phenoxy) is 5. The van der Waals surface area contributed by atoms with E-state index in [4.69, 9.17) is 23.7 Å². The van der Waals surface area contributed by atoms with Crippen LogP contribution in [0.4, 0.5) is 0 Å². The number of nitrogens with zero attached hydrogens (tertiary/aromatic N) is 1. The summed E-state index contributed by atoms with van der Waals surface area (Å²) in [6.45, 7) is 1.69. The van der Waals surface area contributed by atoms with Crippen molar-refractivity contribution in [3.8, 4) is 0 Å². The molecule has 0 saturated carbocycles. The summed E-state index contributed by atoms with van der Waals surface area (Å²) in [6, 6.07) is 9.16. The molecule has 0 spiro atoms. The van der Waals surface area contributed by atoms with E-state index in [0.29, 0.717) is 6.42 Å². The Bertz CT molecular complexity index is 1190. The largest absolute Gasteiger partial charge is 0.461 e. The molecule has 2 aliphatic rings. The SMILES string of the molecule is C[C@@H]1O[C@@H](OCCNC(=O)CN(CC(=O)NCCO[C@@H]2O[C@@H](C)[C@@H](O)[C@@H](O)[C@@H]2O)C(=O)CCCCC(=O)OCc2ccccc2)[C@@H](O)[C@H](O)[C@@H]1O. The smallest absolute Gasteiger partial charge is 0.306 e. The molecule has 2 fully saturated rings. The van der Waals surface area contributed by atoms with Gasteiger partial charge in [-0.1, -0.05) is 30.3 Å². The van der Waals surface area contributed by atoms with Crippen LogP contribution in [0.5, 0.6) is 0 Å². The normalized spacial score (nSPS) is 29.2. The molecule has 18 nitrogen and oxygen atoms in total. The second-order valence-electron chi connectivity index (χ2n) is 12.4. The molecular formula is C33H51N3O15. The van der Waals surface area contributed by atoms with Gasteiger partial charge in [0.1, 0.15) is 56.3 Å². The maximum absolute atomic E-state index is 13.1. The molecule has 0 radical (unpaired) electrons. The third-order valence-electron chi connectivity index (χ3n) is 8.32. The zero-order chi connectivity index (χ0) is 37.5. The third-order valence-corrected chi connectivity index (χ3v) is 8.32. The van der Waals surface area contributed by atoms with Crippen molar-refractivity contribution in [3.63, 3.8) is 0 Å². The Morgan fingerprint density at radius 1 is 0.686 bits per heavy atom. The summed E-state index contributed by atoms with van der Waals surface area (Å²) < 4.78 is 26.7. The van der Waals surface area contributed by atoms with Crippen LogP contribution in [-0.4, -0.2) is 160 Å². The maximum Gasteiger partial charge on any atom is 0.306 e. The number of benzene rings is 1. The fourth-order valence-corrected chi connectivity index (χ4v) is 5.24. The van der Waals surface area contributed by atoms with Gasteiger partial charge in [0.25, 0.3) is 0 Å². The second kappa shape index (κ2) is 21.3. The number of unbranched alkanes of at least 4 members (excludes halogenated alkanes) is 1. The van der Waals surface area contributed by atoms with Gasteiger partial charge in [0.15, 0.2) is 12.6 Å². The Morgan fingerprint density at radius 2 is 1.16 bits per heavy atom. The highest BCUT2D eigenvalue weighted by atomic mass is 16.7. The Labute approximate surface area is 295 Å². The van der Waals surface area contributed by atoms with Crippen molar-refractivity contribution in [2.75, 3.05) is 39.4 Å². The topological polar surface area (TPSA) is 263 Å². The van der Waals surface area contributed by atoms with Gasteiger partial charge in [0.05, 0.1) is 25.4 Å². The van der Waals surface area contributed by atoms with Gasteiger partial charge >= 0.3 is 5.97 Å². The number of carbonyl (C=O) groups is 4. The van der Waals surface area contributed by atoms with Crippen LogP contribution in [-0.2, 0) is 49.5 Å². The monoisotopic (exact) mass is 729 g/mol. The highest BCUT2D eigenvalue weighted by Crippen LogP contribution is 2.22. The van der Waals surface area contributed by atoms with E-state index in [1.807, 2.05) is 30.3 Å². The molecule has 0 aromatic heterocycles. The van der Waals surface area contributed by atoms with Crippen molar-refractivity contribution in [1.82, 2.24) is 15.5 Å². The highest BCUT2D eigenvalue weighted by molar-refractivity contribution is 5.89. The van der Waals surface area contributed by atoms with Crippen LogP contribution in [0.1, 0.15) is 45.1 Å². The molecule has 2 aliphatic heterocycles. The number of aliphatic hydroxyl groups excluding tert-OH is 6. The van der Waals surface area contributed by atoms with Crippen LogP contribution in [0.3, 0.4) is 0 Å². The molecule has 0 unspecified atom stereocenters. The summed E-state index contributed by atoms with van der Waals surface area (Å²) in [7, 11) is 0. The molecule has 2 saturated heterocycles. The van der Waals surface area contributed by atoms with Gasteiger partial charge in [-0.05, 0) is 32.3 Å². The Kier molecular flexibility index (Phi) is 17.6. The summed E-state index contributed by atoms with van der Waals surface area (Å²) in [5.74, 6) is -2.20. The number of hydrogen-bond acceptors (Lipinski definition) is 15. The van der Waals surface area contributed by atoms with Crippen molar-refractivity contribution in [2.45, 2.75) is 108 Å². The van der Waals surface area contributed by atoms with Gasteiger partial charge in [-0.3, -0.25) is 19.2 Å². The van der Waals surface area contributed by atoms with Crippen LogP contribution in [0, 0.1) is 0 Å². The number of nitrogens with one attached hydrogen (secondary N) is 2. The molecule has 8 N–H and O–H groups in total. The molecule has 0 bridgehead atoms. The molecule has 0 aliphatic carbocycles. The number of hydrogen-bond donors (Lipinski definition) is 8. The first-order chi connectivity index (χ1) is 24.3. The van der Waals surface area contributed by atoms with E-state index in [0.717, 1.165) is 10.5 Å². The summed E-state index contributed by atoms with van der Waals surface area (Å²) >= 11 is 0. The van der Waals surface area contributed by atoms with Crippen molar-refractivity contribution in [2.24, 2.45) is 0 Å². The van der Waals surface area contributed by atoms with Crippen molar-refractivity contribution in [3.05, 3.63) is 35.9 Å². The lowest BCUT2D eigenvalue weighted by Gasteiger charge is -2.38. The molecule has 18 heteroatoms. The fraction of sp³-hybridized carbons (Fsp3) is 0.697. The van der Waals surface area contributed by atoms with E-state index in [2.05, 4.69) is 10.6 Å². The minimum absolute atomic E-state index is 0.0642. The Hall–Kier alpha value is -3.30. The van der Waals surface area contributed by atoms with E-state index in [-0.39, 0.29) is 52.2 Å². The first-order valence-corrected chi connectivity index (χ1v) is 16.9. The quantitative estimate of drug-likeness (QED) is 0.0523. The van der Waals surface area contributed by atoms with Crippen LogP contribution in [0.2, 0.25) is 0 Å². The number of rotatable bonds is 19. The minimum Gasteiger partial charge on any atom is -0.461 e. The van der Waals surface area contributed by atoms with Gasteiger partial charge in [0, 0.05) is 25.9 Å². The Morgan fingerprint density at radius 3 is 1.65 bits per heavy atom. The van der Waals surface area contributed by atoms with E-state index in [9.17, 15) is 49.8 Å². The molecule has 288 valence electrons. The van der Waals surface area contributed by atoms with E-state index in [1.165, 1.54) is 13.8 Å². The second-order valence-corrected chi connectivity index (χ2v) is 12.4. The summed E-state index contributed by atoms with van der Waals surface area (Å²) in [5.41, 5.74) is 0.840. The van der Waals surface area contributed by atoms with E-state index in [1.54, 1.807) is 0 Å². The summed E-state index contributed by atoms with van der Waals surface area (Å²) in [6.07, 6.45) is -12.1. The van der Waals surface area contributed by atoms with Crippen LogP contribution in [0.15, 0.2) is 30.3 Å². The zero-order valence-corrected chi connectivity index (χ0v) is 28.7. The maximum atomic E-state index is 13.1. The highest BCUT2D eigenvalue weighted by Gasteiger charge is 2.43. The molecule has 10 atom stereocenters. The lowest BCUT2D eigenvalue weighted by molar-refractivity contribution is -0.292. The predicted octanol–water partition coefficient (Wildman–Crippen LogP) is -2.96. The van der Waals surface area contributed by atoms with E-state index >= 15 is 0 Å². The first kappa shape index (κ1) is 42.1. The number of amides is 3. The van der Waals surface area contributed by atoms with Gasteiger partial charge in [-0.25, -0.2) is 0 Å². The van der Waals surface area contributed by atoms with Crippen LogP contribution < -0.4 is 10.6 Å². The first-order valence-electron chi connectivity index (χ1n) is 16.9. The third kappa shape index (κ3) is 13.6. The van der Waals surface area contributed by atoms with Crippen LogP contribution in [0.25, 0.3) is 0 Å². The average Bonchev–Trinajstić information content (AvgIpc) is 3.11. The standard InChI is InChI=1S/C33H51N3O15/c1-19-26(41)28(43)30(45)32(50-19)47-14-12-34-22(37)16-36(24(39)10-6-7-11-25(40)49-18-21-8-4-3-5-9-21)17-23(38)35-13-15-48-33-31(46)29(44)27(42)20(2)51-33/h3-5,8-9,19-20,26-33,41-46H,6-7,10-18H2,1-2H3,(H,34,37)(H,35,38)/t19-,20-,26+,27+,28+,29+,30-,31-,32+,33+/m0/s1.